The lowest BCUT2D eigenvalue weighted by Crippen LogP contribution is -2.42. The van der Waals surface area contributed by atoms with Crippen LogP contribution in [0.25, 0.3) is 0 Å². The normalized spacial score (nSPS) is 20.1. The second-order valence-corrected chi connectivity index (χ2v) is 6.19. The Balaban J connectivity index is 1.61. The van der Waals surface area contributed by atoms with Gasteiger partial charge in [-0.05, 0) is 37.8 Å². The van der Waals surface area contributed by atoms with Crippen molar-refractivity contribution in [3.8, 4) is 0 Å². The summed E-state index contributed by atoms with van der Waals surface area (Å²) in [5.74, 6) is 0.543. The summed E-state index contributed by atoms with van der Waals surface area (Å²) in [6.45, 7) is 2.82. The van der Waals surface area contributed by atoms with Gasteiger partial charge in [-0.15, -0.1) is 0 Å². The molecule has 23 heavy (non-hydrogen) atoms. The number of carbonyl (C=O) groups is 1. The van der Waals surface area contributed by atoms with E-state index in [0.717, 1.165) is 38.1 Å². The Bertz CT molecular complexity index is 562. The molecule has 126 valence electrons. The van der Waals surface area contributed by atoms with E-state index in [4.69, 9.17) is 0 Å². The molecular formula is C16H20F3N3O. The second-order valence-electron chi connectivity index (χ2n) is 6.19. The summed E-state index contributed by atoms with van der Waals surface area (Å²) >= 11 is 0. The fourth-order valence-electron chi connectivity index (χ4n) is 3.32. The predicted octanol–water partition coefficient (Wildman–Crippen LogP) is 2.94. The molecule has 3 rings (SSSR count). The minimum absolute atomic E-state index is 0.00449. The van der Waals surface area contributed by atoms with Crippen LogP contribution in [0.3, 0.4) is 0 Å². The molecule has 0 spiro atoms. The molecule has 0 atom stereocenters. The van der Waals surface area contributed by atoms with Gasteiger partial charge in [-0.3, -0.25) is 4.79 Å². The SMILES string of the molecule is O=C(C1CCN(c2cc(C(F)(F)F)ccn2)CC1)N1CCCC1. The molecule has 0 aromatic carbocycles. The van der Waals surface area contributed by atoms with Crippen LogP contribution in [0.2, 0.25) is 0 Å². The van der Waals surface area contributed by atoms with Crippen molar-refractivity contribution in [3.63, 3.8) is 0 Å². The van der Waals surface area contributed by atoms with Gasteiger partial charge in [0.1, 0.15) is 5.82 Å². The molecule has 0 N–H and O–H groups in total. The van der Waals surface area contributed by atoms with Gasteiger partial charge in [0.2, 0.25) is 5.91 Å². The van der Waals surface area contributed by atoms with Crippen LogP contribution in [0.15, 0.2) is 18.3 Å². The highest BCUT2D eigenvalue weighted by atomic mass is 19.4. The Hall–Kier alpha value is -1.79. The van der Waals surface area contributed by atoms with Gasteiger partial charge in [0.15, 0.2) is 0 Å². The number of alkyl halides is 3. The van der Waals surface area contributed by atoms with Crippen molar-refractivity contribution < 1.29 is 18.0 Å². The maximum atomic E-state index is 12.8. The summed E-state index contributed by atoms with van der Waals surface area (Å²) in [4.78, 5) is 20.2. The Morgan fingerprint density at radius 2 is 1.78 bits per heavy atom. The van der Waals surface area contributed by atoms with Gasteiger partial charge in [-0.1, -0.05) is 0 Å². The number of hydrogen-bond acceptors (Lipinski definition) is 3. The molecule has 2 saturated heterocycles. The first-order valence-electron chi connectivity index (χ1n) is 8.02. The number of hydrogen-bond donors (Lipinski definition) is 0. The molecule has 1 amide bonds. The Kier molecular flexibility index (Phi) is 4.46. The summed E-state index contributed by atoms with van der Waals surface area (Å²) in [6.07, 6.45) is 0.319. The van der Waals surface area contributed by atoms with Crippen LogP contribution in [0.4, 0.5) is 19.0 Å². The zero-order valence-electron chi connectivity index (χ0n) is 12.9. The van der Waals surface area contributed by atoms with E-state index in [1.807, 2.05) is 9.80 Å². The highest BCUT2D eigenvalue weighted by molar-refractivity contribution is 5.79. The van der Waals surface area contributed by atoms with Crippen molar-refractivity contribution in [1.82, 2.24) is 9.88 Å². The van der Waals surface area contributed by atoms with E-state index in [1.54, 1.807) is 0 Å². The van der Waals surface area contributed by atoms with Crippen LogP contribution in [0.1, 0.15) is 31.2 Å². The van der Waals surface area contributed by atoms with Crippen molar-refractivity contribution in [2.24, 2.45) is 5.92 Å². The summed E-state index contributed by atoms with van der Waals surface area (Å²) in [5, 5.41) is 0. The van der Waals surface area contributed by atoms with Crippen LogP contribution < -0.4 is 4.90 Å². The molecule has 0 unspecified atom stereocenters. The highest BCUT2D eigenvalue weighted by Crippen LogP contribution is 2.32. The van der Waals surface area contributed by atoms with Gasteiger partial charge in [-0.25, -0.2) is 4.98 Å². The number of anilines is 1. The minimum Gasteiger partial charge on any atom is -0.357 e. The zero-order chi connectivity index (χ0) is 16.4. The first kappa shape index (κ1) is 16.1. The lowest BCUT2D eigenvalue weighted by Gasteiger charge is -2.34. The lowest BCUT2D eigenvalue weighted by atomic mass is 9.95. The van der Waals surface area contributed by atoms with Crippen molar-refractivity contribution in [2.45, 2.75) is 31.9 Å². The standard InChI is InChI=1S/C16H20F3N3O/c17-16(18,19)13-3-6-20-14(11-13)21-9-4-12(5-10-21)15(23)22-7-1-2-8-22/h3,6,11-12H,1-2,4-5,7-10H2. The molecule has 2 aliphatic rings. The van der Waals surface area contributed by atoms with Gasteiger partial charge in [0, 0.05) is 38.3 Å². The average molecular weight is 327 g/mol. The van der Waals surface area contributed by atoms with E-state index in [0.29, 0.717) is 31.7 Å². The molecule has 3 heterocycles. The number of rotatable bonds is 2. The zero-order valence-corrected chi connectivity index (χ0v) is 12.9. The van der Waals surface area contributed by atoms with E-state index in [9.17, 15) is 18.0 Å². The minimum atomic E-state index is -4.36. The molecule has 0 saturated carbocycles. The Morgan fingerprint density at radius 3 is 2.39 bits per heavy atom. The number of amides is 1. The van der Waals surface area contributed by atoms with Crippen molar-refractivity contribution in [1.29, 1.82) is 0 Å². The summed E-state index contributed by atoms with van der Waals surface area (Å²) in [5.41, 5.74) is -0.683. The highest BCUT2D eigenvalue weighted by Gasteiger charge is 2.33. The number of likely N-dealkylation sites (tertiary alicyclic amines) is 1. The molecule has 2 aliphatic heterocycles. The predicted molar refractivity (Wildman–Crippen MR) is 80.0 cm³/mol. The first-order valence-corrected chi connectivity index (χ1v) is 8.02. The van der Waals surface area contributed by atoms with Gasteiger partial charge in [0.25, 0.3) is 0 Å². The molecule has 2 fully saturated rings. The lowest BCUT2D eigenvalue weighted by molar-refractivity contribution is -0.137. The number of nitrogens with zero attached hydrogens (tertiary/aromatic N) is 3. The molecule has 7 heteroatoms. The molecule has 0 aliphatic carbocycles. The number of carbonyl (C=O) groups excluding carboxylic acids is 1. The van der Waals surface area contributed by atoms with Crippen LogP contribution in [0, 0.1) is 5.92 Å². The van der Waals surface area contributed by atoms with E-state index >= 15 is 0 Å². The summed E-state index contributed by atoms with van der Waals surface area (Å²) in [7, 11) is 0. The van der Waals surface area contributed by atoms with Crippen molar-refractivity contribution in [3.05, 3.63) is 23.9 Å². The molecule has 0 bridgehead atoms. The first-order chi connectivity index (χ1) is 10.9. The van der Waals surface area contributed by atoms with Crippen molar-refractivity contribution >= 4 is 11.7 Å². The second kappa shape index (κ2) is 6.37. The Morgan fingerprint density at radius 1 is 1.13 bits per heavy atom. The van der Waals surface area contributed by atoms with E-state index in [-0.39, 0.29) is 11.8 Å². The molecule has 4 nitrogen and oxygen atoms in total. The molecule has 1 aromatic rings. The fourth-order valence-corrected chi connectivity index (χ4v) is 3.32. The van der Waals surface area contributed by atoms with Crippen LogP contribution in [0.5, 0.6) is 0 Å². The number of halogens is 3. The molecule has 1 aromatic heterocycles. The van der Waals surface area contributed by atoms with Gasteiger partial charge in [0.05, 0.1) is 5.56 Å². The van der Waals surface area contributed by atoms with Crippen molar-refractivity contribution in [2.75, 3.05) is 31.1 Å². The third-order valence-corrected chi connectivity index (χ3v) is 4.66. The number of aromatic nitrogens is 1. The maximum Gasteiger partial charge on any atom is 0.416 e. The van der Waals surface area contributed by atoms with E-state index < -0.39 is 11.7 Å². The van der Waals surface area contributed by atoms with Crippen LogP contribution in [-0.4, -0.2) is 42.0 Å². The van der Waals surface area contributed by atoms with Gasteiger partial charge >= 0.3 is 6.18 Å². The largest absolute Gasteiger partial charge is 0.416 e. The van der Waals surface area contributed by atoms with E-state index in [2.05, 4.69) is 4.98 Å². The fraction of sp³-hybridized carbons (Fsp3) is 0.625. The van der Waals surface area contributed by atoms with Crippen LogP contribution in [-0.2, 0) is 11.0 Å². The maximum absolute atomic E-state index is 12.8. The number of piperidine rings is 1. The molecule has 0 radical (unpaired) electrons. The molecular weight excluding hydrogens is 307 g/mol. The topological polar surface area (TPSA) is 36.4 Å². The Labute approximate surface area is 133 Å². The quantitative estimate of drug-likeness (QED) is 0.838. The smallest absolute Gasteiger partial charge is 0.357 e. The summed E-state index contributed by atoms with van der Waals surface area (Å²) < 4.78 is 38.3. The third-order valence-electron chi connectivity index (χ3n) is 4.66. The number of pyridine rings is 1. The van der Waals surface area contributed by atoms with Gasteiger partial charge < -0.3 is 9.80 Å². The average Bonchev–Trinajstić information content (AvgIpc) is 3.08. The monoisotopic (exact) mass is 327 g/mol. The van der Waals surface area contributed by atoms with E-state index in [1.165, 1.54) is 6.20 Å². The third kappa shape index (κ3) is 3.59. The summed E-state index contributed by atoms with van der Waals surface area (Å²) in [6, 6.07) is 2.07. The van der Waals surface area contributed by atoms with Gasteiger partial charge in [-0.2, -0.15) is 13.2 Å². The van der Waals surface area contributed by atoms with Crippen LogP contribution >= 0.6 is 0 Å².